The predicted molar refractivity (Wildman–Crippen MR) is 195 cm³/mol. The van der Waals surface area contributed by atoms with Gasteiger partial charge in [-0.05, 0) is 137 Å². The predicted octanol–water partition coefficient (Wildman–Crippen LogP) is 12.2. The zero-order chi connectivity index (χ0) is 31.0. The largest absolute Gasteiger partial charge is 0.310 e. The molecule has 4 fully saturated rings. The Bertz CT molecular complexity index is 1960. The van der Waals surface area contributed by atoms with E-state index in [-0.39, 0.29) is 5.41 Å². The maximum Gasteiger partial charge on any atom is 0.0465 e. The number of benzene rings is 6. The van der Waals surface area contributed by atoms with Crippen LogP contribution < -0.4 is 4.90 Å². The van der Waals surface area contributed by atoms with Crippen LogP contribution in [0.3, 0.4) is 0 Å². The molecule has 47 heavy (non-hydrogen) atoms. The third-order valence-corrected chi connectivity index (χ3v) is 12.3. The Labute approximate surface area is 278 Å². The molecule has 4 saturated carbocycles. The van der Waals surface area contributed by atoms with E-state index in [0.717, 1.165) is 23.7 Å². The van der Waals surface area contributed by atoms with Crippen LogP contribution >= 0.6 is 0 Å². The molecular weight excluding hydrogens is 567 g/mol. The average molecular weight is 606 g/mol. The van der Waals surface area contributed by atoms with Crippen molar-refractivity contribution in [3.8, 4) is 33.4 Å². The fraction of sp³-hybridized carbons (Fsp3) is 0.217. The van der Waals surface area contributed by atoms with Crippen molar-refractivity contribution in [3.05, 3.63) is 163 Å². The molecule has 5 aliphatic carbocycles. The maximum absolute atomic E-state index is 2.60. The first-order valence-electron chi connectivity index (χ1n) is 17.6. The van der Waals surface area contributed by atoms with Crippen molar-refractivity contribution in [1.29, 1.82) is 0 Å². The minimum absolute atomic E-state index is 0.148. The second-order valence-corrected chi connectivity index (χ2v) is 14.6. The van der Waals surface area contributed by atoms with Gasteiger partial charge >= 0.3 is 0 Å². The van der Waals surface area contributed by atoms with Crippen molar-refractivity contribution in [2.24, 2.45) is 23.7 Å². The lowest BCUT2D eigenvalue weighted by molar-refractivity contribution is -0.0399. The number of nitrogens with zero attached hydrogens (tertiary/aromatic N) is 1. The Balaban J connectivity index is 1.13. The van der Waals surface area contributed by atoms with Gasteiger partial charge in [0, 0.05) is 22.5 Å². The first-order valence-corrected chi connectivity index (χ1v) is 17.6. The molecule has 0 amide bonds. The summed E-state index contributed by atoms with van der Waals surface area (Å²) in [5, 5.41) is 0. The molecule has 0 aliphatic heterocycles. The minimum atomic E-state index is 0.148. The van der Waals surface area contributed by atoms with Crippen LogP contribution in [0, 0.1) is 23.7 Å². The third-order valence-electron chi connectivity index (χ3n) is 12.3. The van der Waals surface area contributed by atoms with E-state index in [2.05, 4.69) is 157 Å². The molecule has 4 bridgehead atoms. The summed E-state index contributed by atoms with van der Waals surface area (Å²) >= 11 is 0. The van der Waals surface area contributed by atoms with Crippen molar-refractivity contribution in [2.75, 3.05) is 4.90 Å². The molecule has 0 radical (unpaired) electrons. The lowest BCUT2D eigenvalue weighted by Gasteiger charge is -2.61. The summed E-state index contributed by atoms with van der Waals surface area (Å²) in [6, 6.07) is 56.6. The van der Waals surface area contributed by atoms with Gasteiger partial charge in [0.25, 0.3) is 0 Å². The number of rotatable bonds is 5. The maximum atomic E-state index is 2.60. The van der Waals surface area contributed by atoms with Crippen LogP contribution in [0.1, 0.15) is 43.2 Å². The van der Waals surface area contributed by atoms with Crippen molar-refractivity contribution >= 4 is 17.1 Å². The summed E-state index contributed by atoms with van der Waals surface area (Å²) in [5.74, 6) is 3.37. The van der Waals surface area contributed by atoms with Gasteiger partial charge in [-0.3, -0.25) is 0 Å². The van der Waals surface area contributed by atoms with Crippen molar-refractivity contribution < 1.29 is 0 Å². The van der Waals surface area contributed by atoms with Gasteiger partial charge in [-0.25, -0.2) is 0 Å². The summed E-state index contributed by atoms with van der Waals surface area (Å²) < 4.78 is 0. The van der Waals surface area contributed by atoms with Gasteiger partial charge in [0.05, 0.1) is 0 Å². The minimum Gasteiger partial charge on any atom is -0.310 e. The Hall–Kier alpha value is -4.88. The van der Waals surface area contributed by atoms with Crippen LogP contribution in [-0.4, -0.2) is 0 Å². The molecular formula is C46H39N. The summed E-state index contributed by atoms with van der Waals surface area (Å²) in [7, 11) is 0. The van der Waals surface area contributed by atoms with Gasteiger partial charge in [0.2, 0.25) is 0 Å². The van der Waals surface area contributed by atoms with E-state index < -0.39 is 0 Å². The van der Waals surface area contributed by atoms with Gasteiger partial charge in [0.15, 0.2) is 0 Å². The summed E-state index contributed by atoms with van der Waals surface area (Å²) in [6.07, 6.45) is 7.07. The molecule has 0 aromatic heterocycles. The van der Waals surface area contributed by atoms with Crippen LogP contribution in [0.25, 0.3) is 33.4 Å². The molecule has 1 nitrogen and oxygen atoms in total. The Morgan fingerprint density at radius 3 is 1.38 bits per heavy atom. The van der Waals surface area contributed by atoms with E-state index in [0.29, 0.717) is 0 Å². The summed E-state index contributed by atoms with van der Waals surface area (Å²) in [6.45, 7) is 0. The molecule has 6 aromatic carbocycles. The fourth-order valence-corrected chi connectivity index (χ4v) is 10.6. The molecule has 1 heteroatoms. The number of anilines is 3. The molecule has 11 rings (SSSR count). The molecule has 0 heterocycles. The van der Waals surface area contributed by atoms with E-state index >= 15 is 0 Å². The lowest BCUT2D eigenvalue weighted by atomic mass is 9.43. The first-order chi connectivity index (χ1) is 23.3. The molecule has 0 unspecified atom stereocenters. The average Bonchev–Trinajstić information content (AvgIpc) is 3.42. The van der Waals surface area contributed by atoms with Crippen molar-refractivity contribution in [1.82, 2.24) is 0 Å². The third kappa shape index (κ3) is 4.15. The van der Waals surface area contributed by atoms with E-state index in [1.54, 1.807) is 11.1 Å². The van der Waals surface area contributed by atoms with Crippen molar-refractivity contribution in [2.45, 2.75) is 37.5 Å². The van der Waals surface area contributed by atoms with E-state index in [1.165, 1.54) is 82.5 Å². The molecule has 5 aliphatic rings. The Morgan fingerprint density at radius 2 is 0.830 bits per heavy atom. The number of fused-ring (bicyclic) bond motifs is 3. The topological polar surface area (TPSA) is 3.24 Å². The molecule has 228 valence electrons. The zero-order valence-electron chi connectivity index (χ0n) is 26.7. The highest BCUT2D eigenvalue weighted by atomic mass is 15.1. The van der Waals surface area contributed by atoms with Crippen LogP contribution in [0.4, 0.5) is 17.1 Å². The highest BCUT2D eigenvalue weighted by Gasteiger charge is 2.61. The second kappa shape index (κ2) is 10.6. The standard InChI is InChI=1S/C46H39N/c1-3-9-33(10-4-1)35-15-19-39(20-16-35)47(40-21-17-36(18-22-40)34-11-5-2-6-12-34)41-23-24-43-42-13-7-8-14-44(42)46(45(43)30-41)37-26-31-25-32(28-37)29-38(46)27-31/h1-24,30-32,37-38H,25-29H2/t31-,32?,37-,38-,46?/m1/s1. The normalized spacial score (nSPS) is 24.7. The van der Waals surface area contributed by atoms with E-state index in [1.807, 2.05) is 0 Å². The number of hydrogen-bond acceptors (Lipinski definition) is 1. The van der Waals surface area contributed by atoms with Gasteiger partial charge < -0.3 is 4.90 Å². The summed E-state index contributed by atoms with van der Waals surface area (Å²) in [5.41, 5.74) is 14.9. The quantitative estimate of drug-likeness (QED) is 0.189. The Kier molecular flexibility index (Phi) is 6.13. The van der Waals surface area contributed by atoms with Crippen LogP contribution in [0.15, 0.2) is 152 Å². The zero-order valence-corrected chi connectivity index (χ0v) is 26.7. The van der Waals surface area contributed by atoms with Crippen molar-refractivity contribution in [3.63, 3.8) is 0 Å². The molecule has 6 aromatic rings. The SMILES string of the molecule is c1ccc(-c2ccc(N(c3ccc(-c4ccccc4)cc3)c3ccc4c(c3)C3(c5ccccc5-4)[C@H]4CC5C[C@H](C4)C[C@@H]3C5)cc2)cc1. The fourth-order valence-electron chi connectivity index (χ4n) is 10.6. The first kappa shape index (κ1) is 27.3. The molecule has 0 saturated heterocycles. The number of hydrogen-bond donors (Lipinski definition) is 0. The monoisotopic (exact) mass is 605 g/mol. The van der Waals surface area contributed by atoms with Crippen LogP contribution in [-0.2, 0) is 5.41 Å². The van der Waals surface area contributed by atoms with Gasteiger partial charge in [-0.2, -0.15) is 0 Å². The Morgan fingerprint density at radius 1 is 0.383 bits per heavy atom. The van der Waals surface area contributed by atoms with E-state index in [4.69, 9.17) is 0 Å². The summed E-state index contributed by atoms with van der Waals surface area (Å²) in [4.78, 5) is 2.48. The molecule has 1 spiro atoms. The van der Waals surface area contributed by atoms with E-state index in [9.17, 15) is 0 Å². The smallest absolute Gasteiger partial charge is 0.0465 e. The molecule has 0 N–H and O–H groups in total. The van der Waals surface area contributed by atoms with Gasteiger partial charge in [0.1, 0.15) is 0 Å². The van der Waals surface area contributed by atoms with Crippen LogP contribution in [0.5, 0.6) is 0 Å². The lowest BCUT2D eigenvalue weighted by Crippen LogP contribution is -2.55. The van der Waals surface area contributed by atoms with Crippen LogP contribution in [0.2, 0.25) is 0 Å². The highest BCUT2D eigenvalue weighted by molar-refractivity contribution is 5.87. The van der Waals surface area contributed by atoms with Gasteiger partial charge in [-0.1, -0.05) is 115 Å². The highest BCUT2D eigenvalue weighted by Crippen LogP contribution is 2.69. The van der Waals surface area contributed by atoms with Gasteiger partial charge in [-0.15, -0.1) is 0 Å². The second-order valence-electron chi connectivity index (χ2n) is 14.6. The molecule has 0 atom stereocenters.